The number of rotatable bonds is 2. The van der Waals surface area contributed by atoms with Crippen LogP contribution < -0.4 is 0 Å². The molecule has 2 aliphatic rings. The Balaban J connectivity index is 1.95. The number of morpholine rings is 1. The SMILES string of the molecule is CC(C1CCC1)N1CC(=O)OC(=O)C1. The molecule has 1 unspecified atom stereocenters. The lowest BCUT2D eigenvalue weighted by Crippen LogP contribution is -2.50. The summed E-state index contributed by atoms with van der Waals surface area (Å²) < 4.78 is 4.48. The Morgan fingerprint density at radius 2 is 1.86 bits per heavy atom. The summed E-state index contributed by atoms with van der Waals surface area (Å²) in [5, 5.41) is 0. The van der Waals surface area contributed by atoms with Gasteiger partial charge in [0.15, 0.2) is 0 Å². The van der Waals surface area contributed by atoms with Crippen molar-refractivity contribution in [1.82, 2.24) is 4.90 Å². The molecule has 78 valence electrons. The number of nitrogens with zero attached hydrogens (tertiary/aromatic N) is 1. The van der Waals surface area contributed by atoms with Crippen molar-refractivity contribution in [3.63, 3.8) is 0 Å². The molecule has 0 radical (unpaired) electrons. The third-order valence-electron chi connectivity index (χ3n) is 3.30. The number of ether oxygens (including phenoxy) is 1. The van der Waals surface area contributed by atoms with Crippen molar-refractivity contribution in [3.05, 3.63) is 0 Å². The highest BCUT2D eigenvalue weighted by molar-refractivity contribution is 5.90. The van der Waals surface area contributed by atoms with E-state index < -0.39 is 11.9 Å². The molecule has 1 atom stereocenters. The molecule has 0 spiro atoms. The lowest BCUT2D eigenvalue weighted by molar-refractivity contribution is -0.168. The third kappa shape index (κ3) is 1.80. The van der Waals surface area contributed by atoms with E-state index in [9.17, 15) is 9.59 Å². The number of esters is 2. The Labute approximate surface area is 83.2 Å². The van der Waals surface area contributed by atoms with Crippen LogP contribution in [0.15, 0.2) is 0 Å². The average Bonchev–Trinajstić information content (AvgIpc) is 1.98. The first-order valence-electron chi connectivity index (χ1n) is 5.14. The topological polar surface area (TPSA) is 46.6 Å². The predicted octanol–water partition coefficient (Wildman–Crippen LogP) is 0.560. The van der Waals surface area contributed by atoms with Gasteiger partial charge in [0, 0.05) is 6.04 Å². The fourth-order valence-electron chi connectivity index (χ4n) is 2.09. The molecule has 0 amide bonds. The minimum Gasteiger partial charge on any atom is -0.391 e. The molecule has 1 saturated carbocycles. The first-order valence-corrected chi connectivity index (χ1v) is 5.14. The maximum absolute atomic E-state index is 11.0. The molecule has 0 aromatic rings. The second-order valence-corrected chi connectivity index (χ2v) is 4.18. The van der Waals surface area contributed by atoms with Crippen molar-refractivity contribution in [2.45, 2.75) is 32.2 Å². The van der Waals surface area contributed by atoms with Crippen LogP contribution in [0.5, 0.6) is 0 Å². The fraction of sp³-hybridized carbons (Fsp3) is 0.800. The van der Waals surface area contributed by atoms with E-state index in [4.69, 9.17) is 0 Å². The maximum Gasteiger partial charge on any atom is 0.327 e. The summed E-state index contributed by atoms with van der Waals surface area (Å²) in [5.41, 5.74) is 0. The number of hydrogen-bond donors (Lipinski definition) is 0. The van der Waals surface area contributed by atoms with Crippen LogP contribution in [0.25, 0.3) is 0 Å². The molecular formula is C10H15NO3. The third-order valence-corrected chi connectivity index (χ3v) is 3.30. The predicted molar refractivity (Wildman–Crippen MR) is 49.5 cm³/mol. The fourth-order valence-corrected chi connectivity index (χ4v) is 2.09. The zero-order chi connectivity index (χ0) is 10.1. The number of hydrogen-bond acceptors (Lipinski definition) is 4. The molecule has 0 bridgehead atoms. The van der Waals surface area contributed by atoms with Crippen molar-refractivity contribution in [1.29, 1.82) is 0 Å². The van der Waals surface area contributed by atoms with Gasteiger partial charge >= 0.3 is 11.9 Å². The van der Waals surface area contributed by atoms with Gasteiger partial charge in [-0.05, 0) is 25.7 Å². The summed E-state index contributed by atoms with van der Waals surface area (Å²) in [6.07, 6.45) is 3.73. The van der Waals surface area contributed by atoms with E-state index in [2.05, 4.69) is 11.7 Å². The lowest BCUT2D eigenvalue weighted by Gasteiger charge is -2.39. The molecule has 0 aromatic heterocycles. The Bertz CT molecular complexity index is 244. The van der Waals surface area contributed by atoms with E-state index in [1.165, 1.54) is 19.3 Å². The van der Waals surface area contributed by atoms with Crippen LogP contribution in [-0.4, -0.2) is 36.0 Å². The van der Waals surface area contributed by atoms with E-state index in [-0.39, 0.29) is 13.1 Å². The van der Waals surface area contributed by atoms with Gasteiger partial charge in [-0.25, -0.2) is 0 Å². The Kier molecular flexibility index (Phi) is 2.54. The van der Waals surface area contributed by atoms with Crippen LogP contribution in [0.4, 0.5) is 0 Å². The van der Waals surface area contributed by atoms with Gasteiger partial charge in [-0.3, -0.25) is 14.5 Å². The molecule has 4 heteroatoms. The summed E-state index contributed by atoms with van der Waals surface area (Å²) in [5.74, 6) is -0.159. The quantitative estimate of drug-likeness (QED) is 0.479. The molecule has 14 heavy (non-hydrogen) atoms. The zero-order valence-corrected chi connectivity index (χ0v) is 8.36. The van der Waals surface area contributed by atoms with E-state index in [0.29, 0.717) is 12.0 Å². The Hall–Kier alpha value is -0.900. The molecule has 1 saturated heterocycles. The second-order valence-electron chi connectivity index (χ2n) is 4.18. The Morgan fingerprint density at radius 1 is 1.29 bits per heavy atom. The molecule has 4 nitrogen and oxygen atoms in total. The maximum atomic E-state index is 11.0. The van der Waals surface area contributed by atoms with E-state index >= 15 is 0 Å². The highest BCUT2D eigenvalue weighted by Crippen LogP contribution is 2.32. The summed E-state index contributed by atoms with van der Waals surface area (Å²) in [7, 11) is 0. The number of cyclic esters (lactones) is 2. The number of carbonyl (C=O) groups excluding carboxylic acids is 2. The van der Waals surface area contributed by atoms with Gasteiger partial charge in [-0.15, -0.1) is 0 Å². The van der Waals surface area contributed by atoms with Gasteiger partial charge in [0.25, 0.3) is 0 Å². The lowest BCUT2D eigenvalue weighted by atomic mass is 9.79. The summed E-state index contributed by atoms with van der Waals surface area (Å²) in [4.78, 5) is 24.0. The van der Waals surface area contributed by atoms with E-state index in [1.807, 2.05) is 4.90 Å². The molecule has 1 heterocycles. The molecule has 1 aliphatic carbocycles. The van der Waals surface area contributed by atoms with Gasteiger partial charge in [0.2, 0.25) is 0 Å². The van der Waals surface area contributed by atoms with Gasteiger partial charge in [-0.1, -0.05) is 6.42 Å². The van der Waals surface area contributed by atoms with Crippen LogP contribution in [0.3, 0.4) is 0 Å². The van der Waals surface area contributed by atoms with Gasteiger partial charge in [-0.2, -0.15) is 0 Å². The van der Waals surface area contributed by atoms with Gasteiger partial charge in [0.1, 0.15) is 0 Å². The van der Waals surface area contributed by atoms with Crippen molar-refractivity contribution >= 4 is 11.9 Å². The minimum absolute atomic E-state index is 0.267. The standard InChI is InChI=1S/C10H15NO3/c1-7(8-3-2-4-8)11-5-9(12)14-10(13)6-11/h7-8H,2-6H2,1H3. The first kappa shape index (κ1) is 9.65. The highest BCUT2D eigenvalue weighted by atomic mass is 16.6. The van der Waals surface area contributed by atoms with Crippen molar-refractivity contribution in [2.24, 2.45) is 5.92 Å². The van der Waals surface area contributed by atoms with Crippen molar-refractivity contribution in [3.8, 4) is 0 Å². The van der Waals surface area contributed by atoms with E-state index in [0.717, 1.165) is 0 Å². The van der Waals surface area contributed by atoms with Crippen LogP contribution in [-0.2, 0) is 14.3 Å². The van der Waals surface area contributed by atoms with Gasteiger partial charge in [0.05, 0.1) is 13.1 Å². The molecule has 0 aromatic carbocycles. The largest absolute Gasteiger partial charge is 0.391 e. The van der Waals surface area contributed by atoms with Crippen LogP contribution >= 0.6 is 0 Å². The normalized spacial score (nSPS) is 26.9. The molecule has 2 fully saturated rings. The first-order chi connectivity index (χ1) is 6.66. The Morgan fingerprint density at radius 3 is 2.29 bits per heavy atom. The van der Waals surface area contributed by atoms with Crippen molar-refractivity contribution in [2.75, 3.05) is 13.1 Å². The van der Waals surface area contributed by atoms with E-state index in [1.54, 1.807) is 0 Å². The molecular weight excluding hydrogens is 182 g/mol. The number of carbonyl (C=O) groups is 2. The summed E-state index contributed by atoms with van der Waals surface area (Å²) in [6.45, 7) is 2.63. The van der Waals surface area contributed by atoms with Gasteiger partial charge < -0.3 is 4.74 Å². The zero-order valence-electron chi connectivity index (χ0n) is 8.36. The second kappa shape index (κ2) is 3.69. The average molecular weight is 197 g/mol. The molecule has 2 rings (SSSR count). The minimum atomic E-state index is -0.410. The molecule has 1 aliphatic heterocycles. The highest BCUT2D eigenvalue weighted by Gasteiger charge is 2.34. The van der Waals surface area contributed by atoms with Crippen LogP contribution in [0.1, 0.15) is 26.2 Å². The smallest absolute Gasteiger partial charge is 0.327 e. The monoisotopic (exact) mass is 197 g/mol. The molecule has 0 N–H and O–H groups in total. The van der Waals surface area contributed by atoms with Crippen LogP contribution in [0, 0.1) is 5.92 Å². The van der Waals surface area contributed by atoms with Crippen molar-refractivity contribution < 1.29 is 14.3 Å². The van der Waals surface area contributed by atoms with Crippen LogP contribution in [0.2, 0.25) is 0 Å². The summed E-state index contributed by atoms with van der Waals surface area (Å²) >= 11 is 0. The summed E-state index contributed by atoms with van der Waals surface area (Å²) in [6, 6.07) is 0.334.